The van der Waals surface area contributed by atoms with Gasteiger partial charge >= 0.3 is 6.09 Å². The molecule has 8 nitrogen and oxygen atoms in total. The van der Waals surface area contributed by atoms with Gasteiger partial charge in [-0.3, -0.25) is 0 Å². The number of amides is 1. The highest BCUT2D eigenvalue weighted by Gasteiger charge is 2.21. The number of hydrogen-bond donors (Lipinski definition) is 3. The highest BCUT2D eigenvalue weighted by Crippen LogP contribution is 2.41. The van der Waals surface area contributed by atoms with Crippen LogP contribution in [0.4, 0.5) is 20.8 Å². The predicted octanol–water partition coefficient (Wildman–Crippen LogP) is 4.42. The second-order valence-electron chi connectivity index (χ2n) is 6.88. The van der Waals surface area contributed by atoms with Crippen molar-refractivity contribution in [2.24, 2.45) is 0 Å². The molecule has 0 unspecified atom stereocenters. The number of halogens is 1. The van der Waals surface area contributed by atoms with Crippen LogP contribution in [0.5, 0.6) is 0 Å². The third kappa shape index (κ3) is 5.07. The number of hydrogen-bond acceptors (Lipinski definition) is 8. The van der Waals surface area contributed by atoms with Crippen molar-refractivity contribution in [1.82, 2.24) is 20.3 Å². The smallest absolute Gasteiger partial charge is 0.406 e. The SMILES string of the molecule is COC(=O)NCCNc1nccc(-c2sc(-c3ccccc3)nc2-c2cccc(N)c2F)n1. The Kier molecular flexibility index (Phi) is 6.75. The van der Waals surface area contributed by atoms with E-state index in [1.54, 1.807) is 24.4 Å². The first-order chi connectivity index (χ1) is 16.1. The molecule has 0 atom stereocenters. The molecule has 4 aromatic rings. The van der Waals surface area contributed by atoms with E-state index in [4.69, 9.17) is 10.7 Å². The molecule has 0 saturated heterocycles. The number of aromatic nitrogens is 3. The molecule has 0 radical (unpaired) electrons. The van der Waals surface area contributed by atoms with Crippen LogP contribution in [0.1, 0.15) is 0 Å². The standard InChI is InChI=1S/C23H21FN6O2S/c1-32-23(31)28-13-12-27-22-26-11-10-17(29-22)20-19(15-8-5-9-16(25)18(15)24)30-21(33-20)14-6-3-2-4-7-14/h2-11H,12-13,25H2,1H3,(H,28,31)(H,26,27,29). The molecule has 168 valence electrons. The number of alkyl carbamates (subject to hydrolysis) is 1. The number of thiazole rings is 1. The first kappa shape index (κ1) is 22.2. The first-order valence-corrected chi connectivity index (χ1v) is 10.9. The second-order valence-corrected chi connectivity index (χ2v) is 7.88. The van der Waals surface area contributed by atoms with Crippen molar-refractivity contribution >= 4 is 29.1 Å². The zero-order valence-corrected chi connectivity index (χ0v) is 18.5. The van der Waals surface area contributed by atoms with Crippen molar-refractivity contribution in [2.45, 2.75) is 0 Å². The summed E-state index contributed by atoms with van der Waals surface area (Å²) in [6.07, 6.45) is 1.10. The fourth-order valence-electron chi connectivity index (χ4n) is 3.09. The molecular weight excluding hydrogens is 443 g/mol. The summed E-state index contributed by atoms with van der Waals surface area (Å²) >= 11 is 1.41. The fourth-order valence-corrected chi connectivity index (χ4v) is 4.15. The lowest BCUT2D eigenvalue weighted by Crippen LogP contribution is -2.28. The molecule has 2 aromatic carbocycles. The summed E-state index contributed by atoms with van der Waals surface area (Å²) < 4.78 is 19.5. The van der Waals surface area contributed by atoms with Gasteiger partial charge in [-0.15, -0.1) is 11.3 Å². The molecule has 0 aliphatic rings. The normalized spacial score (nSPS) is 10.6. The number of anilines is 2. The van der Waals surface area contributed by atoms with Gasteiger partial charge in [0.25, 0.3) is 0 Å². The van der Waals surface area contributed by atoms with Gasteiger partial charge in [-0.05, 0) is 18.2 Å². The summed E-state index contributed by atoms with van der Waals surface area (Å²) in [5, 5.41) is 6.36. The van der Waals surface area contributed by atoms with E-state index in [1.807, 2.05) is 30.3 Å². The van der Waals surface area contributed by atoms with Gasteiger partial charge in [0.05, 0.1) is 29.1 Å². The van der Waals surface area contributed by atoms with Crippen molar-refractivity contribution in [2.75, 3.05) is 31.2 Å². The van der Waals surface area contributed by atoms with Crippen molar-refractivity contribution in [3.8, 4) is 32.4 Å². The molecule has 0 aliphatic heterocycles. The molecule has 33 heavy (non-hydrogen) atoms. The van der Waals surface area contributed by atoms with E-state index in [0.717, 1.165) is 10.6 Å². The van der Waals surface area contributed by atoms with E-state index in [0.29, 0.717) is 40.9 Å². The highest BCUT2D eigenvalue weighted by atomic mass is 32.1. The molecular formula is C23H21FN6O2S. The van der Waals surface area contributed by atoms with Crippen molar-refractivity contribution in [3.63, 3.8) is 0 Å². The molecule has 4 rings (SSSR count). The average Bonchev–Trinajstić information content (AvgIpc) is 3.29. The number of nitrogens with zero attached hydrogens (tertiary/aromatic N) is 3. The van der Waals surface area contributed by atoms with Gasteiger partial charge in [0.15, 0.2) is 5.82 Å². The lowest BCUT2D eigenvalue weighted by atomic mass is 10.1. The Balaban J connectivity index is 1.70. The van der Waals surface area contributed by atoms with Crippen LogP contribution in [0.2, 0.25) is 0 Å². The maximum absolute atomic E-state index is 14.9. The molecule has 4 N–H and O–H groups in total. The van der Waals surface area contributed by atoms with Crippen molar-refractivity contribution in [3.05, 3.63) is 66.6 Å². The molecule has 0 saturated carbocycles. The largest absolute Gasteiger partial charge is 0.453 e. The maximum atomic E-state index is 14.9. The summed E-state index contributed by atoms with van der Waals surface area (Å²) in [5.74, 6) is -0.155. The number of methoxy groups -OCH3 is 1. The van der Waals surface area contributed by atoms with Crippen LogP contribution in [-0.4, -0.2) is 41.2 Å². The molecule has 0 aliphatic carbocycles. The van der Waals surface area contributed by atoms with Gasteiger partial charge in [0.2, 0.25) is 5.95 Å². The Hall–Kier alpha value is -4.05. The summed E-state index contributed by atoms with van der Waals surface area (Å²) in [7, 11) is 1.30. The minimum atomic E-state index is -0.523. The van der Waals surface area contributed by atoms with Gasteiger partial charge < -0.3 is 21.1 Å². The second kappa shape index (κ2) is 10.0. The molecule has 10 heteroatoms. The Morgan fingerprint density at radius 3 is 2.70 bits per heavy atom. The van der Waals surface area contributed by atoms with Crippen LogP contribution >= 0.6 is 11.3 Å². The van der Waals surface area contributed by atoms with Gasteiger partial charge in [0.1, 0.15) is 5.01 Å². The van der Waals surface area contributed by atoms with E-state index in [9.17, 15) is 9.18 Å². The van der Waals surface area contributed by atoms with E-state index < -0.39 is 11.9 Å². The first-order valence-electron chi connectivity index (χ1n) is 10.1. The Morgan fingerprint density at radius 1 is 1.09 bits per heavy atom. The van der Waals surface area contributed by atoms with E-state index in [1.165, 1.54) is 24.5 Å². The monoisotopic (exact) mass is 464 g/mol. The molecule has 2 aromatic heterocycles. The maximum Gasteiger partial charge on any atom is 0.406 e. The van der Waals surface area contributed by atoms with E-state index in [-0.39, 0.29) is 5.69 Å². The van der Waals surface area contributed by atoms with Crippen LogP contribution in [0.15, 0.2) is 60.8 Å². The van der Waals surface area contributed by atoms with E-state index in [2.05, 4.69) is 25.3 Å². The molecule has 1 amide bonds. The fraction of sp³-hybridized carbons (Fsp3) is 0.130. The zero-order valence-electron chi connectivity index (χ0n) is 17.7. The molecule has 2 heterocycles. The van der Waals surface area contributed by atoms with Crippen LogP contribution in [0.3, 0.4) is 0 Å². The Morgan fingerprint density at radius 2 is 1.91 bits per heavy atom. The molecule has 0 bridgehead atoms. The Labute approximate surface area is 193 Å². The number of nitrogens with two attached hydrogens (primary N) is 1. The Bertz CT molecular complexity index is 1270. The highest BCUT2D eigenvalue weighted by molar-refractivity contribution is 7.18. The molecule has 0 spiro atoms. The van der Waals surface area contributed by atoms with E-state index >= 15 is 0 Å². The summed E-state index contributed by atoms with van der Waals surface area (Å²) in [6.45, 7) is 0.728. The summed E-state index contributed by atoms with van der Waals surface area (Å²) in [6, 6.07) is 16.3. The van der Waals surface area contributed by atoms with Crippen LogP contribution in [0, 0.1) is 5.82 Å². The summed E-state index contributed by atoms with van der Waals surface area (Å²) in [5.41, 5.74) is 8.13. The topological polar surface area (TPSA) is 115 Å². The van der Waals surface area contributed by atoms with Crippen molar-refractivity contribution < 1.29 is 13.9 Å². The third-order valence-electron chi connectivity index (χ3n) is 4.68. The van der Waals surface area contributed by atoms with Crippen LogP contribution < -0.4 is 16.4 Å². The van der Waals surface area contributed by atoms with Gasteiger partial charge in [0, 0.05) is 30.4 Å². The molecule has 0 fully saturated rings. The van der Waals surface area contributed by atoms with Gasteiger partial charge in [-0.25, -0.2) is 24.1 Å². The van der Waals surface area contributed by atoms with Crippen LogP contribution in [-0.2, 0) is 4.74 Å². The minimum Gasteiger partial charge on any atom is -0.453 e. The number of carbonyl (C=O) groups excluding carboxylic acids is 1. The minimum absolute atomic E-state index is 0.0517. The number of benzene rings is 2. The quantitative estimate of drug-likeness (QED) is 0.274. The third-order valence-corrected chi connectivity index (χ3v) is 5.81. The number of nitrogen functional groups attached to an aromatic ring is 1. The number of ether oxygens (including phenoxy) is 1. The number of rotatable bonds is 7. The number of carbonyl (C=O) groups is 1. The predicted molar refractivity (Wildman–Crippen MR) is 127 cm³/mol. The number of nitrogens with one attached hydrogen (secondary N) is 2. The summed E-state index contributed by atoms with van der Waals surface area (Å²) in [4.78, 5) is 25.4. The average molecular weight is 465 g/mol. The van der Waals surface area contributed by atoms with Gasteiger partial charge in [-0.1, -0.05) is 36.4 Å². The van der Waals surface area contributed by atoms with Crippen molar-refractivity contribution in [1.29, 1.82) is 0 Å². The van der Waals surface area contributed by atoms with Crippen LogP contribution in [0.25, 0.3) is 32.4 Å². The lowest BCUT2D eigenvalue weighted by molar-refractivity contribution is 0.171. The van der Waals surface area contributed by atoms with Gasteiger partial charge in [-0.2, -0.15) is 0 Å². The lowest BCUT2D eigenvalue weighted by Gasteiger charge is -2.08. The zero-order chi connectivity index (χ0) is 23.2.